The second kappa shape index (κ2) is 9.26. The van der Waals surface area contributed by atoms with E-state index >= 15 is 0 Å². The Morgan fingerprint density at radius 2 is 1.81 bits per heavy atom. The van der Waals surface area contributed by atoms with Crippen molar-refractivity contribution in [2.24, 2.45) is 0 Å². The van der Waals surface area contributed by atoms with Crippen molar-refractivity contribution >= 4 is 22.5 Å². The van der Waals surface area contributed by atoms with Crippen LogP contribution >= 0.6 is 0 Å². The maximum Gasteiger partial charge on any atom is 0.266 e. The molecule has 0 aliphatic rings. The van der Waals surface area contributed by atoms with Gasteiger partial charge in [-0.3, -0.25) is 9.36 Å². The molecule has 1 atom stereocenters. The van der Waals surface area contributed by atoms with Gasteiger partial charge in [-0.05, 0) is 50.5 Å². The summed E-state index contributed by atoms with van der Waals surface area (Å²) in [5.41, 5.74) is 10.5. The molecule has 5 rings (SSSR count). The van der Waals surface area contributed by atoms with E-state index in [1.165, 1.54) is 6.33 Å². The van der Waals surface area contributed by atoms with Gasteiger partial charge in [0.1, 0.15) is 35.6 Å². The number of benzene rings is 2. The molecule has 9 heteroatoms. The highest BCUT2D eigenvalue weighted by Crippen LogP contribution is 2.33. The van der Waals surface area contributed by atoms with Gasteiger partial charge < -0.3 is 15.5 Å². The summed E-state index contributed by atoms with van der Waals surface area (Å²) in [6.45, 7) is 7.76. The van der Waals surface area contributed by atoms with Gasteiger partial charge in [-0.2, -0.15) is 0 Å². The molecule has 0 fully saturated rings. The first-order valence-electron chi connectivity index (χ1n) is 11.8. The predicted octanol–water partition coefficient (Wildman–Crippen LogP) is 4.90. The van der Waals surface area contributed by atoms with Gasteiger partial charge in [-0.1, -0.05) is 37.3 Å². The first-order chi connectivity index (χ1) is 17.4. The van der Waals surface area contributed by atoms with Crippen LogP contribution in [0.3, 0.4) is 0 Å². The van der Waals surface area contributed by atoms with E-state index in [1.54, 1.807) is 10.8 Å². The number of aromatic nitrogens is 5. The van der Waals surface area contributed by atoms with E-state index < -0.39 is 0 Å². The summed E-state index contributed by atoms with van der Waals surface area (Å²) in [4.78, 5) is 31.9. The van der Waals surface area contributed by atoms with Crippen LogP contribution in [0.15, 0.2) is 64.3 Å². The van der Waals surface area contributed by atoms with E-state index in [9.17, 15) is 4.79 Å². The number of nitrogens with two attached hydrogens (primary N) is 1. The van der Waals surface area contributed by atoms with Crippen LogP contribution in [0.2, 0.25) is 0 Å². The second-order valence-corrected chi connectivity index (χ2v) is 8.75. The number of nitrogen functional groups attached to an aromatic ring is 1. The maximum atomic E-state index is 14.0. The van der Waals surface area contributed by atoms with E-state index in [4.69, 9.17) is 15.1 Å². The highest BCUT2D eigenvalue weighted by molar-refractivity contribution is 5.82. The minimum Gasteiger partial charge on any atom is -0.444 e. The summed E-state index contributed by atoms with van der Waals surface area (Å²) in [6.07, 6.45) is 3.55. The number of rotatable bonds is 6. The zero-order chi connectivity index (χ0) is 25.4. The summed E-state index contributed by atoms with van der Waals surface area (Å²) < 4.78 is 7.31. The molecule has 0 unspecified atom stereocenters. The van der Waals surface area contributed by atoms with Crippen LogP contribution in [0.25, 0.3) is 28.0 Å². The monoisotopic (exact) mass is 481 g/mol. The summed E-state index contributed by atoms with van der Waals surface area (Å²) in [6, 6.07) is 13.1. The number of fused-ring (bicyclic) bond motifs is 1. The maximum absolute atomic E-state index is 14.0. The zero-order valence-corrected chi connectivity index (χ0v) is 20.6. The number of para-hydroxylation sites is 1. The van der Waals surface area contributed by atoms with Gasteiger partial charge in [0.25, 0.3) is 5.56 Å². The van der Waals surface area contributed by atoms with Crippen molar-refractivity contribution in [2.45, 2.75) is 40.2 Å². The van der Waals surface area contributed by atoms with Crippen molar-refractivity contribution in [1.82, 2.24) is 24.5 Å². The van der Waals surface area contributed by atoms with Gasteiger partial charge in [0.05, 0.1) is 28.3 Å². The van der Waals surface area contributed by atoms with Crippen LogP contribution in [-0.4, -0.2) is 24.5 Å². The van der Waals surface area contributed by atoms with Gasteiger partial charge in [0.15, 0.2) is 0 Å². The molecule has 0 saturated carbocycles. The molecule has 3 N–H and O–H groups in total. The fraction of sp³-hybridized carbons (Fsp3) is 0.222. The van der Waals surface area contributed by atoms with E-state index in [0.29, 0.717) is 46.1 Å². The van der Waals surface area contributed by atoms with Crippen LogP contribution in [0.1, 0.15) is 42.0 Å². The normalized spacial score (nSPS) is 12.1. The topological polar surface area (TPSA) is 125 Å². The van der Waals surface area contributed by atoms with Crippen LogP contribution in [0, 0.1) is 20.8 Å². The zero-order valence-electron chi connectivity index (χ0n) is 20.6. The molecule has 9 nitrogen and oxygen atoms in total. The third-order valence-corrected chi connectivity index (χ3v) is 6.23. The van der Waals surface area contributed by atoms with Crippen LogP contribution in [-0.2, 0) is 0 Å². The van der Waals surface area contributed by atoms with Gasteiger partial charge in [0.2, 0.25) is 5.89 Å². The Hall–Kier alpha value is -4.53. The minimum atomic E-state index is -0.383. The summed E-state index contributed by atoms with van der Waals surface area (Å²) >= 11 is 0. The largest absolute Gasteiger partial charge is 0.444 e. The molecule has 0 aliphatic carbocycles. The number of nitrogens with one attached hydrogen (secondary N) is 1. The first-order valence-corrected chi connectivity index (χ1v) is 11.8. The number of oxazole rings is 1. The van der Waals surface area contributed by atoms with Crippen LogP contribution in [0.4, 0.5) is 11.6 Å². The molecule has 0 bridgehead atoms. The lowest BCUT2D eigenvalue weighted by Gasteiger charge is -2.24. The quantitative estimate of drug-likeness (QED) is 0.351. The van der Waals surface area contributed by atoms with E-state index in [2.05, 4.69) is 20.3 Å². The summed E-state index contributed by atoms with van der Waals surface area (Å²) in [7, 11) is 0. The van der Waals surface area contributed by atoms with E-state index in [0.717, 1.165) is 16.8 Å². The molecule has 3 heterocycles. The molecule has 36 heavy (non-hydrogen) atoms. The Bertz CT molecular complexity index is 1640. The average molecular weight is 482 g/mol. The molecule has 0 spiro atoms. The molecule has 0 radical (unpaired) electrons. The van der Waals surface area contributed by atoms with Crippen molar-refractivity contribution in [3.05, 3.63) is 88.1 Å². The van der Waals surface area contributed by atoms with Crippen molar-refractivity contribution in [3.63, 3.8) is 0 Å². The highest BCUT2D eigenvalue weighted by atomic mass is 16.3. The first kappa shape index (κ1) is 23.2. The summed E-state index contributed by atoms with van der Waals surface area (Å²) in [5, 5.41) is 4.04. The molecule has 0 aliphatic heterocycles. The molecule has 0 amide bonds. The fourth-order valence-corrected chi connectivity index (χ4v) is 4.40. The Kier molecular flexibility index (Phi) is 5.97. The lowest BCUT2D eigenvalue weighted by molar-refractivity contribution is 0.573. The van der Waals surface area contributed by atoms with Gasteiger partial charge in [0, 0.05) is 0 Å². The number of aryl methyl sites for hydroxylation is 3. The Morgan fingerprint density at radius 1 is 1.03 bits per heavy atom. The molecule has 3 aromatic heterocycles. The standard InChI is InChI=1S/C27H27N7O2/c1-5-18(32-24-22(23(28)29-14-30-24)26-31-17(4)13-36-26)25-33-19-11-8-10-16(3)21(19)27(35)34(25)20-12-7-6-9-15(20)2/h6-14,18H,5H2,1-4H3,(H3,28,29,30,32)/t18-/m0/s1. The Labute approximate surface area is 208 Å². The predicted molar refractivity (Wildman–Crippen MR) is 140 cm³/mol. The van der Waals surface area contributed by atoms with Crippen molar-refractivity contribution < 1.29 is 4.42 Å². The smallest absolute Gasteiger partial charge is 0.266 e. The lowest BCUT2D eigenvalue weighted by atomic mass is 10.1. The fourth-order valence-electron chi connectivity index (χ4n) is 4.40. The SMILES string of the molecule is CC[C@H](Nc1ncnc(N)c1-c1nc(C)co1)c1nc2cccc(C)c2c(=O)n1-c1ccccc1C. The molecule has 182 valence electrons. The number of anilines is 2. The minimum absolute atomic E-state index is 0.117. The molecule has 0 saturated heterocycles. The molecular formula is C27H27N7O2. The van der Waals surface area contributed by atoms with Gasteiger partial charge >= 0.3 is 0 Å². The number of hydrogen-bond acceptors (Lipinski definition) is 8. The van der Waals surface area contributed by atoms with E-state index in [-0.39, 0.29) is 17.4 Å². The van der Waals surface area contributed by atoms with Gasteiger partial charge in [-0.15, -0.1) is 0 Å². The van der Waals surface area contributed by atoms with Crippen molar-refractivity contribution in [3.8, 4) is 17.1 Å². The highest BCUT2D eigenvalue weighted by Gasteiger charge is 2.25. The van der Waals surface area contributed by atoms with Crippen LogP contribution in [0.5, 0.6) is 0 Å². The lowest BCUT2D eigenvalue weighted by Crippen LogP contribution is -2.29. The third kappa shape index (κ3) is 3.98. The summed E-state index contributed by atoms with van der Waals surface area (Å²) in [5.74, 6) is 1.58. The van der Waals surface area contributed by atoms with Crippen molar-refractivity contribution in [2.75, 3.05) is 11.1 Å². The van der Waals surface area contributed by atoms with Gasteiger partial charge in [-0.25, -0.2) is 19.9 Å². The molecule has 2 aromatic carbocycles. The van der Waals surface area contributed by atoms with E-state index in [1.807, 2.05) is 70.2 Å². The average Bonchev–Trinajstić information content (AvgIpc) is 3.28. The second-order valence-electron chi connectivity index (χ2n) is 8.75. The Balaban J connectivity index is 1.73. The number of nitrogens with zero attached hydrogens (tertiary/aromatic N) is 5. The molecule has 5 aromatic rings. The molecular weight excluding hydrogens is 454 g/mol. The van der Waals surface area contributed by atoms with Crippen LogP contribution < -0.4 is 16.6 Å². The van der Waals surface area contributed by atoms with Crippen molar-refractivity contribution in [1.29, 1.82) is 0 Å². The third-order valence-electron chi connectivity index (χ3n) is 6.23. The Morgan fingerprint density at radius 3 is 2.53 bits per heavy atom. The number of hydrogen-bond donors (Lipinski definition) is 2.